The van der Waals surface area contributed by atoms with E-state index in [2.05, 4.69) is 17.4 Å². The number of benzene rings is 2. The van der Waals surface area contributed by atoms with Crippen LogP contribution in [0.15, 0.2) is 48.5 Å². The summed E-state index contributed by atoms with van der Waals surface area (Å²) in [5.74, 6) is 2.44. The van der Waals surface area contributed by atoms with Crippen LogP contribution in [-0.2, 0) is 6.42 Å². The van der Waals surface area contributed by atoms with Crippen molar-refractivity contribution < 1.29 is 4.79 Å². The molecule has 0 aromatic heterocycles. The van der Waals surface area contributed by atoms with Gasteiger partial charge in [0.2, 0.25) is 0 Å². The lowest BCUT2D eigenvalue weighted by atomic mass is 10.1. The van der Waals surface area contributed by atoms with Gasteiger partial charge in [-0.05, 0) is 59.7 Å². The maximum atomic E-state index is 12.2. The first kappa shape index (κ1) is 17.2. The molecular weight excluding hydrogens is 336 g/mol. The van der Waals surface area contributed by atoms with Crippen LogP contribution in [0.2, 0.25) is 0 Å². The SMILES string of the molecule is Nc1ccc(CCNC(=O)c2ccc(C3SCCCS3)cc2)cc1. The van der Waals surface area contributed by atoms with Crippen LogP contribution in [0.5, 0.6) is 0 Å². The van der Waals surface area contributed by atoms with Crippen molar-refractivity contribution in [3.05, 3.63) is 65.2 Å². The molecule has 2 aromatic carbocycles. The van der Waals surface area contributed by atoms with Crippen molar-refractivity contribution in [2.75, 3.05) is 23.8 Å². The van der Waals surface area contributed by atoms with Crippen molar-refractivity contribution in [1.82, 2.24) is 5.32 Å². The summed E-state index contributed by atoms with van der Waals surface area (Å²) in [5, 5.41) is 2.98. The van der Waals surface area contributed by atoms with Gasteiger partial charge in [-0.15, -0.1) is 23.5 Å². The van der Waals surface area contributed by atoms with Crippen molar-refractivity contribution in [3.8, 4) is 0 Å². The predicted molar refractivity (Wildman–Crippen MR) is 106 cm³/mol. The third-order valence-electron chi connectivity index (χ3n) is 3.95. The second kappa shape index (κ2) is 8.49. The Morgan fingerprint density at radius 2 is 1.71 bits per heavy atom. The molecule has 0 unspecified atom stereocenters. The molecule has 5 heteroatoms. The molecule has 2 aromatic rings. The number of nitrogens with one attached hydrogen (secondary N) is 1. The van der Waals surface area contributed by atoms with Gasteiger partial charge in [0, 0.05) is 17.8 Å². The van der Waals surface area contributed by atoms with Crippen LogP contribution in [0.1, 0.15) is 32.5 Å². The van der Waals surface area contributed by atoms with Crippen LogP contribution >= 0.6 is 23.5 Å². The van der Waals surface area contributed by atoms with Crippen molar-refractivity contribution in [2.45, 2.75) is 17.4 Å². The van der Waals surface area contributed by atoms with E-state index in [1.54, 1.807) is 0 Å². The zero-order chi connectivity index (χ0) is 16.8. The molecule has 3 nitrogen and oxygen atoms in total. The average Bonchev–Trinajstić information content (AvgIpc) is 2.64. The number of rotatable bonds is 5. The van der Waals surface area contributed by atoms with Crippen molar-refractivity contribution in [1.29, 1.82) is 0 Å². The lowest BCUT2D eigenvalue weighted by Gasteiger charge is -2.21. The molecule has 0 atom stereocenters. The van der Waals surface area contributed by atoms with Crippen LogP contribution in [0.25, 0.3) is 0 Å². The number of anilines is 1. The fourth-order valence-electron chi connectivity index (χ4n) is 2.58. The lowest BCUT2D eigenvalue weighted by Crippen LogP contribution is -2.25. The molecule has 126 valence electrons. The van der Waals surface area contributed by atoms with Crippen molar-refractivity contribution >= 4 is 35.1 Å². The normalized spacial score (nSPS) is 15.2. The zero-order valence-corrected chi connectivity index (χ0v) is 15.2. The van der Waals surface area contributed by atoms with Gasteiger partial charge in [-0.2, -0.15) is 0 Å². The molecular formula is C19H22N2OS2. The number of nitrogen functional groups attached to an aromatic ring is 1. The fourth-order valence-corrected chi connectivity index (χ4v) is 5.47. The van der Waals surface area contributed by atoms with E-state index < -0.39 is 0 Å². The molecule has 24 heavy (non-hydrogen) atoms. The Balaban J connectivity index is 1.50. The van der Waals surface area contributed by atoms with Gasteiger partial charge in [0.15, 0.2) is 0 Å². The number of amides is 1. The molecule has 0 saturated carbocycles. The second-order valence-corrected chi connectivity index (χ2v) is 8.52. The second-order valence-electron chi connectivity index (χ2n) is 5.80. The first-order chi connectivity index (χ1) is 11.7. The van der Waals surface area contributed by atoms with E-state index in [9.17, 15) is 4.79 Å². The topological polar surface area (TPSA) is 55.1 Å². The van der Waals surface area contributed by atoms with E-state index >= 15 is 0 Å². The molecule has 1 saturated heterocycles. The first-order valence-electron chi connectivity index (χ1n) is 8.18. The Kier molecular flexibility index (Phi) is 6.10. The van der Waals surface area contributed by atoms with Gasteiger partial charge < -0.3 is 11.1 Å². The van der Waals surface area contributed by atoms with Gasteiger partial charge in [0.1, 0.15) is 0 Å². The third-order valence-corrected chi connectivity index (χ3v) is 6.97. The zero-order valence-electron chi connectivity index (χ0n) is 13.5. The van der Waals surface area contributed by atoms with E-state index in [4.69, 9.17) is 5.73 Å². The summed E-state index contributed by atoms with van der Waals surface area (Å²) in [5.41, 5.74) is 9.64. The van der Waals surface area contributed by atoms with Crippen molar-refractivity contribution in [3.63, 3.8) is 0 Å². The largest absolute Gasteiger partial charge is 0.399 e. The summed E-state index contributed by atoms with van der Waals surface area (Å²) in [6.07, 6.45) is 2.10. The minimum atomic E-state index is -0.0130. The van der Waals surface area contributed by atoms with Gasteiger partial charge in [0.25, 0.3) is 5.91 Å². The van der Waals surface area contributed by atoms with E-state index in [1.165, 1.54) is 29.1 Å². The summed E-state index contributed by atoms with van der Waals surface area (Å²) in [7, 11) is 0. The summed E-state index contributed by atoms with van der Waals surface area (Å²) < 4.78 is 0.515. The summed E-state index contributed by atoms with van der Waals surface area (Å²) in [6.45, 7) is 0.624. The fraction of sp³-hybridized carbons (Fsp3) is 0.316. The Bertz CT molecular complexity index is 665. The molecule has 0 spiro atoms. The Morgan fingerprint density at radius 3 is 2.38 bits per heavy atom. The van der Waals surface area contributed by atoms with Crippen molar-refractivity contribution in [2.24, 2.45) is 0 Å². The summed E-state index contributed by atoms with van der Waals surface area (Å²) in [6, 6.07) is 15.8. The molecule has 0 bridgehead atoms. The van der Waals surface area contributed by atoms with Crippen LogP contribution < -0.4 is 11.1 Å². The minimum Gasteiger partial charge on any atom is -0.399 e. The van der Waals surface area contributed by atoms with Crippen LogP contribution in [0.4, 0.5) is 5.69 Å². The summed E-state index contributed by atoms with van der Waals surface area (Å²) >= 11 is 3.99. The van der Waals surface area contributed by atoms with E-state index in [-0.39, 0.29) is 5.91 Å². The highest BCUT2D eigenvalue weighted by atomic mass is 32.2. The Hall–Kier alpha value is -1.59. The third kappa shape index (κ3) is 4.71. The smallest absolute Gasteiger partial charge is 0.251 e. The highest BCUT2D eigenvalue weighted by Crippen LogP contribution is 2.43. The predicted octanol–water partition coefficient (Wildman–Crippen LogP) is 4.11. The molecule has 3 N–H and O–H groups in total. The van der Waals surface area contributed by atoms with Gasteiger partial charge >= 0.3 is 0 Å². The van der Waals surface area contributed by atoms with Gasteiger partial charge in [0.05, 0.1) is 4.58 Å². The lowest BCUT2D eigenvalue weighted by molar-refractivity contribution is 0.0954. The molecule has 0 aliphatic carbocycles. The van der Waals surface area contributed by atoms with Crippen LogP contribution in [-0.4, -0.2) is 24.0 Å². The molecule has 3 rings (SSSR count). The van der Waals surface area contributed by atoms with Gasteiger partial charge in [-0.25, -0.2) is 0 Å². The van der Waals surface area contributed by atoms with E-state index in [0.717, 1.165) is 17.7 Å². The standard InChI is InChI=1S/C19H22N2OS2/c20-17-8-2-14(3-9-17)10-11-21-18(22)15-4-6-16(7-5-15)19-23-12-1-13-24-19/h2-9,19H,1,10-13,20H2,(H,21,22). The Labute approximate surface area is 151 Å². The quantitative estimate of drug-likeness (QED) is 0.790. The number of hydrogen-bond donors (Lipinski definition) is 2. The van der Waals surface area contributed by atoms with Gasteiger partial charge in [-0.1, -0.05) is 24.3 Å². The molecule has 1 aliphatic heterocycles. The number of carbonyl (C=O) groups is 1. The van der Waals surface area contributed by atoms with E-state index in [0.29, 0.717) is 11.1 Å². The highest BCUT2D eigenvalue weighted by molar-refractivity contribution is 8.16. The number of carbonyl (C=O) groups excluding carboxylic acids is 1. The molecule has 1 aliphatic rings. The average molecular weight is 359 g/mol. The number of thioether (sulfide) groups is 2. The molecule has 1 heterocycles. The Morgan fingerprint density at radius 1 is 1.04 bits per heavy atom. The maximum absolute atomic E-state index is 12.2. The number of hydrogen-bond acceptors (Lipinski definition) is 4. The molecule has 1 amide bonds. The van der Waals surface area contributed by atoms with Crippen LogP contribution in [0.3, 0.4) is 0 Å². The highest BCUT2D eigenvalue weighted by Gasteiger charge is 2.16. The van der Waals surface area contributed by atoms with Gasteiger partial charge in [-0.3, -0.25) is 4.79 Å². The van der Waals surface area contributed by atoms with E-state index in [1.807, 2.05) is 59.9 Å². The monoisotopic (exact) mass is 358 g/mol. The molecule has 0 radical (unpaired) electrons. The summed E-state index contributed by atoms with van der Waals surface area (Å²) in [4.78, 5) is 12.2. The van der Waals surface area contributed by atoms with Crippen LogP contribution in [0, 0.1) is 0 Å². The number of nitrogens with two attached hydrogens (primary N) is 1. The maximum Gasteiger partial charge on any atom is 0.251 e. The molecule has 1 fully saturated rings. The minimum absolute atomic E-state index is 0.0130. The first-order valence-corrected chi connectivity index (χ1v) is 10.3.